The molecule has 1 aliphatic rings. The number of amides is 1. The maximum Gasteiger partial charge on any atom is 0.341 e. The Morgan fingerprint density at radius 1 is 1.28 bits per heavy atom. The Morgan fingerprint density at radius 3 is 2.64 bits per heavy atom. The number of nitrogens with zero attached hydrogens (tertiary/aromatic N) is 1. The molecular formula is C17H16N2O5S. The van der Waals surface area contributed by atoms with Crippen molar-refractivity contribution in [2.24, 2.45) is 0 Å². The van der Waals surface area contributed by atoms with Crippen molar-refractivity contribution in [2.45, 2.75) is 26.2 Å². The fraction of sp³-hybridized carbons (Fsp3) is 0.294. The third-order valence-corrected chi connectivity index (χ3v) is 5.18. The minimum absolute atomic E-state index is 0.0844. The molecule has 0 atom stereocenters. The van der Waals surface area contributed by atoms with Gasteiger partial charge < -0.3 is 10.1 Å². The number of aryl methyl sites for hydroxylation is 1. The third-order valence-electron chi connectivity index (χ3n) is 3.97. The zero-order valence-electron chi connectivity index (χ0n) is 13.5. The van der Waals surface area contributed by atoms with Crippen LogP contribution in [0.15, 0.2) is 24.3 Å². The second kappa shape index (κ2) is 7.02. The molecular weight excluding hydrogens is 344 g/mol. The highest BCUT2D eigenvalue weighted by atomic mass is 32.1. The maximum absolute atomic E-state index is 12.4. The summed E-state index contributed by atoms with van der Waals surface area (Å²) in [4.78, 5) is 36.0. The fourth-order valence-electron chi connectivity index (χ4n) is 2.82. The van der Waals surface area contributed by atoms with Crippen LogP contribution in [0.1, 0.15) is 44.5 Å². The Bertz CT molecular complexity index is 841. The summed E-state index contributed by atoms with van der Waals surface area (Å²) >= 11 is 1.39. The fourth-order valence-corrected chi connectivity index (χ4v) is 4.09. The molecule has 1 aromatic carbocycles. The van der Waals surface area contributed by atoms with Crippen molar-refractivity contribution >= 4 is 33.9 Å². The van der Waals surface area contributed by atoms with Gasteiger partial charge in [0.1, 0.15) is 5.00 Å². The lowest BCUT2D eigenvalue weighted by Gasteiger charge is -2.08. The van der Waals surface area contributed by atoms with E-state index in [1.54, 1.807) is 6.92 Å². The molecule has 0 saturated heterocycles. The number of anilines is 1. The number of nitrogens with one attached hydrogen (secondary N) is 1. The molecule has 0 saturated carbocycles. The molecule has 0 radical (unpaired) electrons. The van der Waals surface area contributed by atoms with Crippen LogP contribution in [0.4, 0.5) is 10.7 Å². The number of fused-ring (bicyclic) bond motifs is 1. The molecule has 1 aromatic heterocycles. The number of nitro benzene ring substituents is 1. The lowest BCUT2D eigenvalue weighted by Crippen LogP contribution is -2.15. The number of ether oxygens (including phenoxy) is 1. The molecule has 8 heteroatoms. The Labute approximate surface area is 147 Å². The zero-order chi connectivity index (χ0) is 18.0. The molecule has 130 valence electrons. The lowest BCUT2D eigenvalue weighted by atomic mass is 10.1. The van der Waals surface area contributed by atoms with E-state index in [0.717, 1.165) is 29.7 Å². The van der Waals surface area contributed by atoms with Gasteiger partial charge in [0, 0.05) is 22.6 Å². The predicted molar refractivity (Wildman–Crippen MR) is 93.4 cm³/mol. The number of rotatable bonds is 5. The van der Waals surface area contributed by atoms with Gasteiger partial charge in [-0.05, 0) is 43.9 Å². The van der Waals surface area contributed by atoms with Gasteiger partial charge in [-0.25, -0.2) is 4.79 Å². The van der Waals surface area contributed by atoms with Gasteiger partial charge in [-0.15, -0.1) is 11.3 Å². The summed E-state index contributed by atoms with van der Waals surface area (Å²) in [7, 11) is 0. The summed E-state index contributed by atoms with van der Waals surface area (Å²) in [6.45, 7) is 2.00. The second-order valence-corrected chi connectivity index (χ2v) is 6.65. The number of carbonyl (C=O) groups excluding carboxylic acids is 2. The number of nitro groups is 1. The van der Waals surface area contributed by atoms with Crippen LogP contribution in [0.2, 0.25) is 0 Å². The molecule has 25 heavy (non-hydrogen) atoms. The number of hydrogen-bond donors (Lipinski definition) is 1. The molecule has 0 bridgehead atoms. The van der Waals surface area contributed by atoms with Crippen molar-refractivity contribution in [1.29, 1.82) is 0 Å². The first kappa shape index (κ1) is 17.1. The van der Waals surface area contributed by atoms with Crippen molar-refractivity contribution in [3.63, 3.8) is 0 Å². The number of non-ortho nitro benzene ring substituents is 1. The minimum atomic E-state index is -0.523. The minimum Gasteiger partial charge on any atom is -0.462 e. The van der Waals surface area contributed by atoms with Gasteiger partial charge in [0.2, 0.25) is 0 Å². The van der Waals surface area contributed by atoms with E-state index in [0.29, 0.717) is 10.6 Å². The average molecular weight is 360 g/mol. The topological polar surface area (TPSA) is 98.5 Å². The normalized spacial score (nSPS) is 12.5. The Hall–Kier alpha value is -2.74. The van der Waals surface area contributed by atoms with Gasteiger partial charge in [0.05, 0.1) is 17.1 Å². The monoisotopic (exact) mass is 360 g/mol. The molecule has 1 N–H and O–H groups in total. The largest absolute Gasteiger partial charge is 0.462 e. The molecule has 1 amide bonds. The van der Waals surface area contributed by atoms with Crippen molar-refractivity contribution < 1.29 is 19.2 Å². The van der Waals surface area contributed by atoms with E-state index in [2.05, 4.69) is 5.32 Å². The number of carbonyl (C=O) groups is 2. The van der Waals surface area contributed by atoms with Crippen molar-refractivity contribution in [3.05, 3.63) is 55.9 Å². The highest BCUT2D eigenvalue weighted by molar-refractivity contribution is 7.17. The Balaban J connectivity index is 1.86. The van der Waals surface area contributed by atoms with E-state index in [-0.39, 0.29) is 17.9 Å². The van der Waals surface area contributed by atoms with E-state index < -0.39 is 16.8 Å². The van der Waals surface area contributed by atoms with Crippen molar-refractivity contribution in [1.82, 2.24) is 0 Å². The third kappa shape index (κ3) is 3.39. The summed E-state index contributed by atoms with van der Waals surface area (Å²) in [5.74, 6) is -0.846. The van der Waals surface area contributed by atoms with Crippen LogP contribution in [-0.4, -0.2) is 23.4 Å². The van der Waals surface area contributed by atoms with Crippen LogP contribution in [0, 0.1) is 10.1 Å². The summed E-state index contributed by atoms with van der Waals surface area (Å²) in [5.41, 5.74) is 1.60. The molecule has 7 nitrogen and oxygen atoms in total. The van der Waals surface area contributed by atoms with Crippen LogP contribution >= 0.6 is 11.3 Å². The van der Waals surface area contributed by atoms with Crippen molar-refractivity contribution in [3.8, 4) is 0 Å². The molecule has 1 heterocycles. The molecule has 0 spiro atoms. The number of esters is 1. The molecule has 1 aliphatic carbocycles. The zero-order valence-corrected chi connectivity index (χ0v) is 14.4. The summed E-state index contributed by atoms with van der Waals surface area (Å²) in [5, 5.41) is 13.9. The van der Waals surface area contributed by atoms with Gasteiger partial charge in [0.25, 0.3) is 11.6 Å². The predicted octanol–water partition coefficient (Wildman–Crippen LogP) is 3.57. The smallest absolute Gasteiger partial charge is 0.341 e. The van der Waals surface area contributed by atoms with Gasteiger partial charge in [-0.1, -0.05) is 0 Å². The number of thiophene rings is 1. The average Bonchev–Trinajstić information content (AvgIpc) is 3.15. The lowest BCUT2D eigenvalue weighted by molar-refractivity contribution is -0.384. The van der Waals surface area contributed by atoms with Crippen molar-refractivity contribution in [2.75, 3.05) is 11.9 Å². The Morgan fingerprint density at radius 2 is 2.00 bits per heavy atom. The van der Waals surface area contributed by atoms with Crippen LogP contribution in [0.25, 0.3) is 0 Å². The van der Waals surface area contributed by atoms with Gasteiger partial charge in [-0.2, -0.15) is 0 Å². The van der Waals surface area contributed by atoms with Gasteiger partial charge in [0.15, 0.2) is 0 Å². The van der Waals surface area contributed by atoms with Crippen LogP contribution < -0.4 is 5.32 Å². The first-order valence-electron chi connectivity index (χ1n) is 7.88. The van der Waals surface area contributed by atoms with E-state index >= 15 is 0 Å². The maximum atomic E-state index is 12.4. The standard InChI is InChI=1S/C17H16N2O5S/c1-2-24-17(21)14-12-4-3-5-13(12)25-16(14)18-15(20)10-6-8-11(9-7-10)19(22)23/h6-9H,2-5H2,1H3,(H,18,20). The summed E-state index contributed by atoms with van der Waals surface area (Å²) < 4.78 is 5.12. The first-order valence-corrected chi connectivity index (χ1v) is 8.70. The Kier molecular flexibility index (Phi) is 4.80. The first-order chi connectivity index (χ1) is 12.0. The molecule has 0 aliphatic heterocycles. The van der Waals surface area contributed by atoms with E-state index in [1.807, 2.05) is 0 Å². The van der Waals surface area contributed by atoms with Crippen LogP contribution in [0.3, 0.4) is 0 Å². The molecule has 0 unspecified atom stereocenters. The summed E-state index contributed by atoms with van der Waals surface area (Å²) in [6.07, 6.45) is 2.68. The van der Waals surface area contributed by atoms with E-state index in [1.165, 1.54) is 35.6 Å². The van der Waals surface area contributed by atoms with E-state index in [4.69, 9.17) is 4.74 Å². The highest BCUT2D eigenvalue weighted by Gasteiger charge is 2.28. The molecule has 0 fully saturated rings. The quantitative estimate of drug-likeness (QED) is 0.499. The van der Waals surface area contributed by atoms with Gasteiger partial charge in [-0.3, -0.25) is 14.9 Å². The van der Waals surface area contributed by atoms with E-state index in [9.17, 15) is 19.7 Å². The highest BCUT2D eigenvalue weighted by Crippen LogP contribution is 2.39. The SMILES string of the molecule is CCOC(=O)c1c(NC(=O)c2ccc([N+](=O)[O-])cc2)sc2c1CCC2. The second-order valence-electron chi connectivity index (χ2n) is 5.54. The van der Waals surface area contributed by atoms with Crippen LogP contribution in [0.5, 0.6) is 0 Å². The van der Waals surface area contributed by atoms with Gasteiger partial charge >= 0.3 is 5.97 Å². The molecule has 2 aromatic rings. The van der Waals surface area contributed by atoms with Crippen LogP contribution in [-0.2, 0) is 17.6 Å². The molecule has 3 rings (SSSR count). The number of hydrogen-bond acceptors (Lipinski definition) is 6. The number of benzene rings is 1. The summed E-state index contributed by atoms with van der Waals surface area (Å²) in [6, 6.07) is 5.32.